The molecule has 3 heterocycles. The van der Waals surface area contributed by atoms with Crippen LogP contribution in [0.25, 0.3) is 0 Å². The fourth-order valence-electron chi connectivity index (χ4n) is 2.63. The van der Waals surface area contributed by atoms with E-state index in [-0.39, 0.29) is 6.79 Å². The monoisotopic (exact) mass is 343 g/mol. The lowest BCUT2D eigenvalue weighted by Crippen LogP contribution is -2.36. The summed E-state index contributed by atoms with van der Waals surface area (Å²) in [6.45, 7) is 3.05. The summed E-state index contributed by atoms with van der Waals surface area (Å²) >= 11 is 0. The Morgan fingerprint density at radius 1 is 1.04 bits per heavy atom. The molecule has 2 aromatic rings. The molecule has 0 saturated carbocycles. The SMILES string of the molecule is O=C(Nc1ccc2c(c1)OCO2)Nc1cc(N2CCOCC2)ncn1. The van der Waals surface area contributed by atoms with Gasteiger partial charge in [-0.25, -0.2) is 14.8 Å². The van der Waals surface area contributed by atoms with Crippen LogP contribution in [0, 0.1) is 0 Å². The molecule has 25 heavy (non-hydrogen) atoms. The highest BCUT2D eigenvalue weighted by Gasteiger charge is 2.15. The normalized spacial score (nSPS) is 15.8. The van der Waals surface area contributed by atoms with Gasteiger partial charge in [-0.05, 0) is 12.1 Å². The third kappa shape index (κ3) is 3.56. The van der Waals surface area contributed by atoms with Crippen molar-refractivity contribution in [3.63, 3.8) is 0 Å². The van der Waals surface area contributed by atoms with Gasteiger partial charge in [0, 0.05) is 30.9 Å². The maximum Gasteiger partial charge on any atom is 0.324 e. The number of urea groups is 1. The zero-order chi connectivity index (χ0) is 17.1. The number of ether oxygens (including phenoxy) is 3. The Morgan fingerprint density at radius 2 is 1.88 bits per heavy atom. The number of aromatic nitrogens is 2. The molecule has 2 aliphatic heterocycles. The second-order valence-electron chi connectivity index (χ2n) is 5.51. The number of anilines is 3. The Kier molecular flexibility index (Phi) is 4.21. The minimum absolute atomic E-state index is 0.191. The summed E-state index contributed by atoms with van der Waals surface area (Å²) in [7, 11) is 0. The van der Waals surface area contributed by atoms with Gasteiger partial charge >= 0.3 is 6.03 Å². The zero-order valence-electron chi connectivity index (χ0n) is 13.4. The smallest absolute Gasteiger partial charge is 0.324 e. The fourth-order valence-corrected chi connectivity index (χ4v) is 2.63. The minimum Gasteiger partial charge on any atom is -0.454 e. The first kappa shape index (κ1) is 15.5. The van der Waals surface area contributed by atoms with Gasteiger partial charge in [0.25, 0.3) is 0 Å². The molecular formula is C16H17N5O4. The zero-order valence-corrected chi connectivity index (χ0v) is 13.4. The number of hydrogen-bond donors (Lipinski definition) is 2. The maximum atomic E-state index is 12.2. The van der Waals surface area contributed by atoms with E-state index in [4.69, 9.17) is 14.2 Å². The molecule has 1 fully saturated rings. The van der Waals surface area contributed by atoms with Crippen LogP contribution in [0.1, 0.15) is 0 Å². The summed E-state index contributed by atoms with van der Waals surface area (Å²) < 4.78 is 15.9. The Hall–Kier alpha value is -3.07. The van der Waals surface area contributed by atoms with Crippen molar-refractivity contribution in [1.82, 2.24) is 9.97 Å². The maximum absolute atomic E-state index is 12.2. The average molecular weight is 343 g/mol. The van der Waals surface area contributed by atoms with Crippen LogP contribution >= 0.6 is 0 Å². The first-order valence-electron chi connectivity index (χ1n) is 7.90. The molecule has 1 aromatic carbocycles. The molecule has 130 valence electrons. The predicted octanol–water partition coefficient (Wildman–Crippen LogP) is 1.69. The summed E-state index contributed by atoms with van der Waals surface area (Å²) in [5, 5.41) is 5.45. The summed E-state index contributed by atoms with van der Waals surface area (Å²) in [4.78, 5) is 22.6. The van der Waals surface area contributed by atoms with Crippen LogP contribution < -0.4 is 25.0 Å². The van der Waals surface area contributed by atoms with Crippen LogP contribution in [0.2, 0.25) is 0 Å². The van der Waals surface area contributed by atoms with Gasteiger partial charge in [0.15, 0.2) is 11.5 Å². The Morgan fingerprint density at radius 3 is 2.76 bits per heavy atom. The number of carbonyl (C=O) groups excluding carboxylic acids is 1. The van der Waals surface area contributed by atoms with Crippen molar-refractivity contribution in [2.24, 2.45) is 0 Å². The van der Waals surface area contributed by atoms with E-state index < -0.39 is 6.03 Å². The molecule has 9 heteroatoms. The van der Waals surface area contributed by atoms with Crippen LogP contribution in [-0.4, -0.2) is 49.1 Å². The number of hydrogen-bond acceptors (Lipinski definition) is 7. The molecule has 2 aliphatic rings. The molecule has 0 spiro atoms. The lowest BCUT2D eigenvalue weighted by atomic mass is 10.3. The predicted molar refractivity (Wildman–Crippen MR) is 90.3 cm³/mol. The number of amides is 2. The molecule has 0 atom stereocenters. The minimum atomic E-state index is -0.398. The highest BCUT2D eigenvalue weighted by atomic mass is 16.7. The molecule has 4 rings (SSSR count). The Bertz CT molecular complexity index is 779. The molecule has 2 N–H and O–H groups in total. The summed E-state index contributed by atoms with van der Waals surface area (Å²) in [5.41, 5.74) is 0.601. The van der Waals surface area contributed by atoms with Crippen molar-refractivity contribution < 1.29 is 19.0 Å². The molecule has 0 aliphatic carbocycles. The first-order valence-corrected chi connectivity index (χ1v) is 7.90. The van der Waals surface area contributed by atoms with Gasteiger partial charge < -0.3 is 24.4 Å². The number of nitrogens with zero attached hydrogens (tertiary/aromatic N) is 3. The number of fused-ring (bicyclic) bond motifs is 1. The third-order valence-electron chi connectivity index (χ3n) is 3.86. The quantitative estimate of drug-likeness (QED) is 0.875. The second kappa shape index (κ2) is 6.81. The number of nitrogens with one attached hydrogen (secondary N) is 2. The Balaban J connectivity index is 1.40. The highest BCUT2D eigenvalue weighted by molar-refractivity contribution is 5.99. The van der Waals surface area contributed by atoms with Crippen molar-refractivity contribution in [3.05, 3.63) is 30.6 Å². The van der Waals surface area contributed by atoms with Gasteiger partial charge in [-0.1, -0.05) is 0 Å². The summed E-state index contributed by atoms with van der Waals surface area (Å²) in [5.74, 6) is 2.46. The van der Waals surface area contributed by atoms with Crippen LogP contribution in [0.15, 0.2) is 30.6 Å². The van der Waals surface area contributed by atoms with Crippen molar-refractivity contribution >= 4 is 23.4 Å². The van der Waals surface area contributed by atoms with Crippen molar-refractivity contribution in [2.75, 3.05) is 48.6 Å². The second-order valence-corrected chi connectivity index (χ2v) is 5.51. The third-order valence-corrected chi connectivity index (χ3v) is 3.86. The standard InChI is InChI=1S/C16H17N5O4/c22-16(19-11-1-2-12-13(7-11)25-10-24-12)20-14-8-15(18-9-17-14)21-3-5-23-6-4-21/h1-2,7-9H,3-6,10H2,(H2,17,18,19,20,22). The molecule has 0 radical (unpaired) electrons. The number of morpholine rings is 1. The van der Waals surface area contributed by atoms with Crippen molar-refractivity contribution in [1.29, 1.82) is 0 Å². The van der Waals surface area contributed by atoms with Crippen LogP contribution in [-0.2, 0) is 4.74 Å². The molecule has 1 saturated heterocycles. The van der Waals surface area contributed by atoms with E-state index in [0.717, 1.165) is 18.9 Å². The van der Waals surface area contributed by atoms with Gasteiger partial charge in [-0.3, -0.25) is 5.32 Å². The number of benzene rings is 1. The Labute approximate surface area is 143 Å². The lowest BCUT2D eigenvalue weighted by Gasteiger charge is -2.27. The molecular weight excluding hydrogens is 326 g/mol. The fraction of sp³-hybridized carbons (Fsp3) is 0.312. The van der Waals surface area contributed by atoms with Crippen molar-refractivity contribution in [2.45, 2.75) is 0 Å². The van der Waals surface area contributed by atoms with Gasteiger partial charge in [0.05, 0.1) is 13.2 Å². The molecule has 0 bridgehead atoms. The average Bonchev–Trinajstić information content (AvgIpc) is 3.10. The van der Waals surface area contributed by atoms with Gasteiger partial charge in [-0.2, -0.15) is 0 Å². The van der Waals surface area contributed by atoms with Crippen LogP contribution in [0.4, 0.5) is 22.1 Å². The van der Waals surface area contributed by atoms with E-state index in [1.165, 1.54) is 6.33 Å². The lowest BCUT2D eigenvalue weighted by molar-refractivity contribution is 0.122. The largest absolute Gasteiger partial charge is 0.454 e. The van der Waals surface area contributed by atoms with E-state index in [2.05, 4.69) is 25.5 Å². The first-order chi connectivity index (χ1) is 12.3. The summed E-state index contributed by atoms with van der Waals surface area (Å²) in [6, 6.07) is 6.54. The number of carbonyl (C=O) groups is 1. The van der Waals surface area contributed by atoms with E-state index in [1.807, 2.05) is 0 Å². The van der Waals surface area contributed by atoms with Crippen LogP contribution in [0.5, 0.6) is 11.5 Å². The topological polar surface area (TPSA) is 97.8 Å². The van der Waals surface area contributed by atoms with E-state index in [0.29, 0.717) is 36.2 Å². The van der Waals surface area contributed by atoms with E-state index in [9.17, 15) is 4.79 Å². The van der Waals surface area contributed by atoms with E-state index >= 15 is 0 Å². The van der Waals surface area contributed by atoms with Gasteiger partial charge in [0.1, 0.15) is 18.0 Å². The van der Waals surface area contributed by atoms with Crippen molar-refractivity contribution in [3.8, 4) is 11.5 Å². The molecule has 9 nitrogen and oxygen atoms in total. The number of rotatable bonds is 3. The van der Waals surface area contributed by atoms with Crippen LogP contribution in [0.3, 0.4) is 0 Å². The highest BCUT2D eigenvalue weighted by Crippen LogP contribution is 2.34. The molecule has 0 unspecified atom stereocenters. The van der Waals surface area contributed by atoms with E-state index in [1.54, 1.807) is 24.3 Å². The summed E-state index contributed by atoms with van der Waals surface area (Å²) in [6.07, 6.45) is 1.43. The molecule has 1 aromatic heterocycles. The molecule has 2 amide bonds. The van der Waals surface area contributed by atoms with Gasteiger partial charge in [0.2, 0.25) is 6.79 Å². The van der Waals surface area contributed by atoms with Gasteiger partial charge in [-0.15, -0.1) is 0 Å².